The standard InChI is InChI=1S/C9H11Br2N3.ClH/c10-5-1-2-7(11)6(3-5)8-4-9(12)14-13-8;/h1-3,8-9,13-14H,4,12H2;1H. The van der Waals surface area contributed by atoms with E-state index in [-0.39, 0.29) is 24.6 Å². The van der Waals surface area contributed by atoms with Gasteiger partial charge in [0.1, 0.15) is 0 Å². The molecule has 2 rings (SSSR count). The molecule has 1 aromatic carbocycles. The van der Waals surface area contributed by atoms with Crippen LogP contribution in [-0.4, -0.2) is 6.17 Å². The molecule has 0 aromatic heterocycles. The molecule has 1 saturated heterocycles. The summed E-state index contributed by atoms with van der Waals surface area (Å²) in [7, 11) is 0. The van der Waals surface area contributed by atoms with E-state index in [4.69, 9.17) is 5.73 Å². The average Bonchev–Trinajstić information content (AvgIpc) is 2.56. The van der Waals surface area contributed by atoms with Crippen LogP contribution >= 0.6 is 44.3 Å². The highest BCUT2D eigenvalue weighted by Crippen LogP contribution is 2.30. The van der Waals surface area contributed by atoms with Gasteiger partial charge >= 0.3 is 0 Å². The van der Waals surface area contributed by atoms with Crippen LogP contribution in [0.2, 0.25) is 0 Å². The Labute approximate surface area is 112 Å². The Morgan fingerprint density at radius 2 is 2.00 bits per heavy atom. The molecule has 3 nitrogen and oxygen atoms in total. The number of nitrogens with one attached hydrogen (secondary N) is 2. The fourth-order valence-electron chi connectivity index (χ4n) is 1.57. The number of hydrazine groups is 1. The zero-order valence-corrected chi connectivity index (χ0v) is 11.8. The smallest absolute Gasteiger partial charge is 0.0698 e. The van der Waals surface area contributed by atoms with Crippen molar-refractivity contribution in [2.75, 3.05) is 0 Å². The number of rotatable bonds is 1. The summed E-state index contributed by atoms with van der Waals surface area (Å²) in [6, 6.07) is 6.42. The van der Waals surface area contributed by atoms with E-state index in [1.807, 2.05) is 12.1 Å². The molecule has 15 heavy (non-hydrogen) atoms. The van der Waals surface area contributed by atoms with E-state index in [2.05, 4.69) is 48.8 Å². The van der Waals surface area contributed by atoms with E-state index < -0.39 is 0 Å². The summed E-state index contributed by atoms with van der Waals surface area (Å²) in [5.41, 5.74) is 13.1. The third-order valence-electron chi connectivity index (χ3n) is 2.27. The first-order chi connectivity index (χ1) is 6.66. The molecule has 0 bridgehead atoms. The predicted octanol–water partition coefficient (Wildman–Crippen LogP) is 2.46. The highest BCUT2D eigenvalue weighted by molar-refractivity contribution is 9.11. The molecular weight excluding hydrogens is 345 g/mol. The maximum Gasteiger partial charge on any atom is 0.0698 e. The lowest BCUT2D eigenvalue weighted by molar-refractivity contribution is 0.551. The van der Waals surface area contributed by atoms with E-state index in [1.54, 1.807) is 0 Å². The fraction of sp³-hybridized carbons (Fsp3) is 0.333. The van der Waals surface area contributed by atoms with Crippen LogP contribution in [0, 0.1) is 0 Å². The normalized spacial score (nSPS) is 25.0. The van der Waals surface area contributed by atoms with Crippen LogP contribution < -0.4 is 16.6 Å². The first kappa shape index (κ1) is 13.4. The van der Waals surface area contributed by atoms with Gasteiger partial charge in [-0.1, -0.05) is 31.9 Å². The monoisotopic (exact) mass is 355 g/mol. The van der Waals surface area contributed by atoms with E-state index in [0.29, 0.717) is 0 Å². The van der Waals surface area contributed by atoms with Crippen LogP contribution in [0.5, 0.6) is 0 Å². The maximum atomic E-state index is 5.75. The molecular formula is C9H12Br2ClN3. The van der Waals surface area contributed by atoms with Crippen LogP contribution in [-0.2, 0) is 0 Å². The summed E-state index contributed by atoms with van der Waals surface area (Å²) < 4.78 is 2.19. The van der Waals surface area contributed by atoms with Gasteiger partial charge in [-0.05, 0) is 30.2 Å². The van der Waals surface area contributed by atoms with Crippen LogP contribution in [0.15, 0.2) is 27.1 Å². The van der Waals surface area contributed by atoms with Gasteiger partial charge in [0.15, 0.2) is 0 Å². The second kappa shape index (κ2) is 5.61. The molecule has 2 unspecified atom stereocenters. The zero-order valence-electron chi connectivity index (χ0n) is 7.84. The third kappa shape index (κ3) is 3.15. The van der Waals surface area contributed by atoms with Crippen molar-refractivity contribution in [2.45, 2.75) is 18.6 Å². The second-order valence-corrected chi connectivity index (χ2v) is 5.12. The highest BCUT2D eigenvalue weighted by Gasteiger charge is 2.23. The predicted molar refractivity (Wildman–Crippen MR) is 70.7 cm³/mol. The lowest BCUT2D eigenvalue weighted by Crippen LogP contribution is -2.36. The number of hydrogen-bond donors (Lipinski definition) is 3. The van der Waals surface area contributed by atoms with E-state index >= 15 is 0 Å². The van der Waals surface area contributed by atoms with Crippen molar-refractivity contribution in [1.29, 1.82) is 0 Å². The minimum Gasteiger partial charge on any atom is -0.315 e. The Morgan fingerprint density at radius 1 is 1.27 bits per heavy atom. The molecule has 0 aliphatic carbocycles. The summed E-state index contributed by atoms with van der Waals surface area (Å²) in [6.45, 7) is 0. The molecule has 0 radical (unpaired) electrons. The molecule has 2 atom stereocenters. The van der Waals surface area contributed by atoms with Gasteiger partial charge in [0, 0.05) is 8.95 Å². The molecule has 0 amide bonds. The van der Waals surface area contributed by atoms with Gasteiger partial charge in [0.25, 0.3) is 0 Å². The van der Waals surface area contributed by atoms with Gasteiger partial charge in [-0.15, -0.1) is 12.4 Å². The Balaban J connectivity index is 0.00000112. The molecule has 4 N–H and O–H groups in total. The molecule has 1 aliphatic rings. The lowest BCUT2D eigenvalue weighted by Gasteiger charge is -2.12. The third-order valence-corrected chi connectivity index (χ3v) is 3.48. The largest absolute Gasteiger partial charge is 0.315 e. The van der Waals surface area contributed by atoms with Gasteiger partial charge in [-0.25, -0.2) is 10.9 Å². The van der Waals surface area contributed by atoms with Gasteiger partial charge in [0.2, 0.25) is 0 Å². The number of halogens is 3. The summed E-state index contributed by atoms with van der Waals surface area (Å²) in [4.78, 5) is 0. The number of hydrogen-bond acceptors (Lipinski definition) is 3. The molecule has 84 valence electrons. The van der Waals surface area contributed by atoms with E-state index in [9.17, 15) is 0 Å². The fourth-order valence-corrected chi connectivity index (χ4v) is 2.47. The minimum atomic E-state index is 0. The highest BCUT2D eigenvalue weighted by atomic mass is 79.9. The molecule has 0 spiro atoms. The van der Waals surface area contributed by atoms with Crippen molar-refractivity contribution < 1.29 is 0 Å². The Morgan fingerprint density at radius 3 is 2.60 bits per heavy atom. The SMILES string of the molecule is Cl.NC1CC(c2cc(Br)ccc2Br)NN1. The summed E-state index contributed by atoms with van der Waals surface area (Å²) >= 11 is 6.99. The molecule has 1 aromatic rings. The summed E-state index contributed by atoms with van der Waals surface area (Å²) in [6.07, 6.45) is 0.931. The van der Waals surface area contributed by atoms with Crippen LogP contribution in [0.3, 0.4) is 0 Å². The van der Waals surface area contributed by atoms with Crippen LogP contribution in [0.25, 0.3) is 0 Å². The van der Waals surface area contributed by atoms with Crippen molar-refractivity contribution in [2.24, 2.45) is 5.73 Å². The minimum absolute atomic E-state index is 0. The van der Waals surface area contributed by atoms with E-state index in [0.717, 1.165) is 15.4 Å². The summed E-state index contributed by atoms with van der Waals surface area (Å²) in [5, 5.41) is 0. The van der Waals surface area contributed by atoms with E-state index in [1.165, 1.54) is 5.56 Å². The molecule has 0 saturated carbocycles. The van der Waals surface area contributed by atoms with Gasteiger partial charge in [-0.2, -0.15) is 0 Å². The summed E-state index contributed by atoms with van der Waals surface area (Å²) in [5.74, 6) is 0. The number of benzene rings is 1. The molecule has 1 fully saturated rings. The average molecular weight is 357 g/mol. The molecule has 6 heteroatoms. The quantitative estimate of drug-likeness (QED) is 0.724. The molecule has 1 heterocycles. The first-order valence-electron chi connectivity index (χ1n) is 4.38. The van der Waals surface area contributed by atoms with Crippen molar-refractivity contribution in [3.8, 4) is 0 Å². The Bertz CT molecular complexity index is 348. The Hall–Kier alpha value is 0.350. The van der Waals surface area contributed by atoms with Crippen molar-refractivity contribution in [1.82, 2.24) is 10.9 Å². The van der Waals surface area contributed by atoms with Crippen LogP contribution in [0.4, 0.5) is 0 Å². The first-order valence-corrected chi connectivity index (χ1v) is 5.97. The lowest BCUT2D eigenvalue weighted by atomic mass is 10.1. The van der Waals surface area contributed by atoms with Crippen molar-refractivity contribution >= 4 is 44.3 Å². The van der Waals surface area contributed by atoms with Crippen LogP contribution in [0.1, 0.15) is 18.0 Å². The van der Waals surface area contributed by atoms with Gasteiger partial charge in [0.05, 0.1) is 12.2 Å². The number of nitrogens with two attached hydrogens (primary N) is 1. The van der Waals surface area contributed by atoms with Crippen molar-refractivity contribution in [3.63, 3.8) is 0 Å². The Kier molecular flexibility index (Phi) is 5.02. The van der Waals surface area contributed by atoms with Gasteiger partial charge < -0.3 is 5.73 Å². The van der Waals surface area contributed by atoms with Gasteiger partial charge in [-0.3, -0.25) is 0 Å². The topological polar surface area (TPSA) is 50.1 Å². The van der Waals surface area contributed by atoms with Crippen molar-refractivity contribution in [3.05, 3.63) is 32.7 Å². The second-order valence-electron chi connectivity index (χ2n) is 3.35. The zero-order chi connectivity index (χ0) is 10.1. The maximum absolute atomic E-state index is 5.75. The molecule has 1 aliphatic heterocycles.